The molecule has 122 heavy (non-hydrogen) atoms. The molecular weight excluding hydrogens is 1540 g/mol. The van der Waals surface area contributed by atoms with Gasteiger partial charge in [0.25, 0.3) is 0 Å². The Hall–Kier alpha value is -13.4. The van der Waals surface area contributed by atoms with E-state index in [-0.39, 0.29) is 42.6 Å². The molecule has 4 aliphatic carbocycles. The number of aliphatic hydroxyl groups is 3. The third-order valence-electron chi connectivity index (χ3n) is 23.1. The normalized spacial score (nSPS) is 12.4. The fraction of sp³-hybridized carbons (Fsp3) is 0.208. The Labute approximate surface area is 710 Å². The topological polar surface area (TPSA) is 238 Å². The molecular formula is C106H98F2O14. The third kappa shape index (κ3) is 22.0. The van der Waals surface area contributed by atoms with Gasteiger partial charge in [-0.15, -0.1) is 0 Å². The Morgan fingerprint density at radius 1 is 0.287 bits per heavy atom. The number of hydrogen-bond acceptors (Lipinski definition) is 10. The molecule has 12 aromatic carbocycles. The summed E-state index contributed by atoms with van der Waals surface area (Å²) in [4.78, 5) is 44.2. The maximum Gasteiger partial charge on any atom is 0.335 e. The van der Waals surface area contributed by atoms with Crippen LogP contribution in [-0.2, 0) is 123 Å². The van der Waals surface area contributed by atoms with E-state index in [0.717, 1.165) is 165 Å². The molecule has 16 heteroatoms. The molecule has 0 atom stereocenters. The number of hydrogen-bond donors (Lipinski definition) is 7. The fourth-order valence-corrected chi connectivity index (χ4v) is 16.8. The van der Waals surface area contributed by atoms with Crippen LogP contribution >= 0.6 is 0 Å². The van der Waals surface area contributed by atoms with Gasteiger partial charge in [0.05, 0.1) is 63.4 Å². The highest BCUT2D eigenvalue weighted by Gasteiger charge is 2.26. The van der Waals surface area contributed by atoms with Crippen molar-refractivity contribution in [1.82, 2.24) is 0 Å². The lowest BCUT2D eigenvalue weighted by molar-refractivity contribution is 0.0686. The number of ether oxygens (including phenoxy) is 3. The van der Waals surface area contributed by atoms with Crippen molar-refractivity contribution in [2.75, 3.05) is 21.3 Å². The molecule has 0 fully saturated rings. The first-order valence-corrected chi connectivity index (χ1v) is 41.0. The van der Waals surface area contributed by atoms with Crippen LogP contribution in [0.1, 0.15) is 169 Å². The monoisotopic (exact) mass is 1630 g/mol. The third-order valence-corrected chi connectivity index (χ3v) is 23.1. The first kappa shape index (κ1) is 86.5. The quantitative estimate of drug-likeness (QED) is 0.0222. The molecule has 0 amide bonds. The lowest BCUT2D eigenvalue weighted by Gasteiger charge is -2.15. The lowest BCUT2D eigenvalue weighted by atomic mass is 9.90. The SMILES string of the molecule is COc1cc(CO)cc(CC2=CCc3c(F)ccc(CCc4ccc(C(=O)O)cc4)c32)c1.COc1cc(CO)cc(CC2=CCc3cc(F)cc(CCc4ccc(C(=O)O)cc4)c32)c1.COc1ccc(CC2=CCc3cccc(CCc4ccc(C(=O)O)cc4)c32)cc1.O=C(O)c1ccc(CCc2cccc3c2C(Cc2ccccc2CO)=CC3)cc1. The van der Waals surface area contributed by atoms with Crippen molar-refractivity contribution in [1.29, 1.82) is 0 Å². The molecule has 0 unspecified atom stereocenters. The van der Waals surface area contributed by atoms with Crippen LogP contribution in [-0.4, -0.2) is 81.0 Å². The Kier molecular flexibility index (Phi) is 29.1. The summed E-state index contributed by atoms with van der Waals surface area (Å²) in [5.41, 5.74) is 31.5. The molecule has 620 valence electrons. The highest BCUT2D eigenvalue weighted by atomic mass is 19.1. The molecule has 16 rings (SSSR count). The smallest absolute Gasteiger partial charge is 0.335 e. The molecule has 0 aromatic heterocycles. The van der Waals surface area contributed by atoms with Gasteiger partial charge in [0.1, 0.15) is 28.9 Å². The number of aliphatic hydroxyl groups excluding tert-OH is 3. The summed E-state index contributed by atoms with van der Waals surface area (Å²) in [5.74, 6) is -1.82. The van der Waals surface area contributed by atoms with E-state index in [4.69, 9.17) is 34.6 Å². The fourth-order valence-electron chi connectivity index (χ4n) is 16.8. The van der Waals surface area contributed by atoms with Gasteiger partial charge in [-0.05, 0) is 356 Å². The number of carboxylic acids is 4. The molecule has 4 aliphatic rings. The highest BCUT2D eigenvalue weighted by Crippen LogP contribution is 2.40. The minimum absolute atomic E-state index is 0.0586. The van der Waals surface area contributed by atoms with Crippen LogP contribution in [0, 0.1) is 11.6 Å². The highest BCUT2D eigenvalue weighted by molar-refractivity contribution is 5.90. The molecule has 7 N–H and O–H groups in total. The number of allylic oxidation sites excluding steroid dienone is 8. The van der Waals surface area contributed by atoms with Gasteiger partial charge < -0.3 is 50.0 Å². The molecule has 0 saturated heterocycles. The predicted octanol–water partition coefficient (Wildman–Crippen LogP) is 20.2. The maximum absolute atomic E-state index is 14.6. The molecule has 0 aliphatic heterocycles. The second kappa shape index (κ2) is 41.1. The van der Waals surface area contributed by atoms with E-state index in [9.17, 15) is 43.3 Å². The number of halogens is 2. The van der Waals surface area contributed by atoms with Crippen molar-refractivity contribution >= 4 is 46.2 Å². The zero-order chi connectivity index (χ0) is 85.8. The summed E-state index contributed by atoms with van der Waals surface area (Å²) in [5, 5.41) is 65.0. The van der Waals surface area contributed by atoms with Crippen LogP contribution in [0.2, 0.25) is 0 Å². The van der Waals surface area contributed by atoms with E-state index < -0.39 is 23.9 Å². The molecule has 12 aromatic rings. The number of methoxy groups -OCH3 is 3. The first-order chi connectivity index (χ1) is 59.2. The summed E-state index contributed by atoms with van der Waals surface area (Å²) >= 11 is 0. The number of benzene rings is 12. The molecule has 14 nitrogen and oxygen atoms in total. The largest absolute Gasteiger partial charge is 0.497 e. The van der Waals surface area contributed by atoms with Crippen LogP contribution in [0.3, 0.4) is 0 Å². The van der Waals surface area contributed by atoms with E-state index in [1.807, 2.05) is 115 Å². The maximum atomic E-state index is 14.6. The first-order valence-electron chi connectivity index (χ1n) is 41.0. The summed E-state index contributed by atoms with van der Waals surface area (Å²) in [6.45, 7) is -0.0678. The van der Waals surface area contributed by atoms with Gasteiger partial charge in [0, 0.05) is 0 Å². The number of aromatic carboxylic acids is 4. The lowest BCUT2D eigenvalue weighted by Crippen LogP contribution is -2.02. The van der Waals surface area contributed by atoms with Crippen LogP contribution in [0.5, 0.6) is 17.2 Å². The number of rotatable bonds is 30. The summed E-state index contributed by atoms with van der Waals surface area (Å²) in [7, 11) is 4.89. The second-order valence-corrected chi connectivity index (χ2v) is 31.0. The second-order valence-electron chi connectivity index (χ2n) is 31.0. The Balaban J connectivity index is 0.000000140. The van der Waals surface area contributed by atoms with Crippen LogP contribution < -0.4 is 14.2 Å². The van der Waals surface area contributed by atoms with Gasteiger partial charge in [-0.2, -0.15) is 0 Å². The number of aryl methyl sites for hydroxylation is 8. The minimum atomic E-state index is -0.948. The molecule has 0 bridgehead atoms. The van der Waals surface area contributed by atoms with Crippen molar-refractivity contribution < 1.29 is 77.9 Å². The zero-order valence-corrected chi connectivity index (χ0v) is 68.6. The molecule has 0 radical (unpaired) electrons. The van der Waals surface area contributed by atoms with Crippen LogP contribution in [0.25, 0.3) is 22.3 Å². The van der Waals surface area contributed by atoms with Crippen molar-refractivity contribution in [3.63, 3.8) is 0 Å². The summed E-state index contributed by atoms with van der Waals surface area (Å²) in [6, 6.07) is 75.6. The van der Waals surface area contributed by atoms with Gasteiger partial charge in [-0.1, -0.05) is 164 Å². The standard InChI is InChI=1S/2C27H25FO4.2C26H24O3/c1-32-23-14-18(12-19(15-23)16-29)13-22-8-10-24-25(28)11-9-20(26(22)24)5-2-17-3-6-21(7-4-17)27(30)31;1-32-25-12-18(10-19(13-25)16-29)11-21-8-9-23-15-24(28)14-22(26(21)23)7-4-17-2-5-20(6-3-17)27(30)31;1-29-24-15-8-19(9-16-24)17-23-14-13-21-4-2-3-20(25(21)23)10-5-18-6-11-22(12-7-18)26(27)28;27-17-24-5-2-1-4-22(24)16-23-15-14-20-7-3-6-19(25(20)23)11-8-18-9-12-21(13-10-18)26(28)29/h3-4,6-9,11-12,14-15,29H,2,5,10,13,16H2,1H3,(H,30,31);2-3,5-6,8,10,12-15,29H,4,7,9,11,16H2,1H3,(H,30,31);2-4,6-9,11-12,14-16H,5,10,13,17H2,1H3,(H,27,28);1-7,9-10,12-13,15,27H,8,11,14,16-17H2,(H,28,29). The van der Waals surface area contributed by atoms with E-state index in [2.05, 4.69) is 78.9 Å². The van der Waals surface area contributed by atoms with E-state index in [0.29, 0.717) is 61.2 Å². The van der Waals surface area contributed by atoms with Crippen LogP contribution in [0.4, 0.5) is 8.78 Å². The van der Waals surface area contributed by atoms with Gasteiger partial charge in [0.2, 0.25) is 0 Å². The van der Waals surface area contributed by atoms with E-state index >= 15 is 0 Å². The number of fused-ring (bicyclic) bond motifs is 4. The average molecular weight is 1630 g/mol. The van der Waals surface area contributed by atoms with Gasteiger partial charge in [-0.3, -0.25) is 0 Å². The van der Waals surface area contributed by atoms with Crippen molar-refractivity contribution in [2.24, 2.45) is 0 Å². The number of carboxylic acid groups (broad SMARTS) is 4. The average Bonchev–Trinajstić information content (AvgIpc) is 1.65. The molecule has 0 spiro atoms. The van der Waals surface area contributed by atoms with E-state index in [1.54, 1.807) is 88.1 Å². The molecule has 0 saturated carbocycles. The Bertz CT molecular complexity index is 5870. The minimum Gasteiger partial charge on any atom is -0.497 e. The van der Waals surface area contributed by atoms with Gasteiger partial charge in [0.15, 0.2) is 0 Å². The summed E-state index contributed by atoms with van der Waals surface area (Å²) in [6.07, 6.45) is 21.6. The van der Waals surface area contributed by atoms with Gasteiger partial charge >= 0.3 is 23.9 Å². The Morgan fingerprint density at radius 3 is 1.06 bits per heavy atom. The van der Waals surface area contributed by atoms with Crippen molar-refractivity contribution in [3.8, 4) is 17.2 Å². The van der Waals surface area contributed by atoms with Crippen molar-refractivity contribution in [3.05, 3.63) is 429 Å². The molecule has 0 heterocycles. The van der Waals surface area contributed by atoms with E-state index in [1.165, 1.54) is 61.7 Å². The Morgan fingerprint density at radius 2 is 0.639 bits per heavy atom. The number of carbonyl (C=O) groups is 4. The van der Waals surface area contributed by atoms with Gasteiger partial charge in [-0.25, -0.2) is 28.0 Å². The van der Waals surface area contributed by atoms with Crippen molar-refractivity contribution in [2.45, 2.75) is 123 Å². The summed E-state index contributed by atoms with van der Waals surface area (Å²) < 4.78 is 44.9. The zero-order valence-electron chi connectivity index (χ0n) is 68.6. The predicted molar refractivity (Wildman–Crippen MR) is 474 cm³/mol. The van der Waals surface area contributed by atoms with Crippen LogP contribution in [0.15, 0.2) is 267 Å².